The summed E-state index contributed by atoms with van der Waals surface area (Å²) in [5.74, 6) is -1.20. The van der Waals surface area contributed by atoms with E-state index in [-0.39, 0.29) is 24.6 Å². The summed E-state index contributed by atoms with van der Waals surface area (Å²) < 4.78 is 32.6. The van der Waals surface area contributed by atoms with Crippen LogP contribution in [-0.4, -0.2) is 43.8 Å². The highest BCUT2D eigenvalue weighted by atomic mass is 19.1. The normalized spacial score (nSPS) is 14.6. The smallest absolute Gasteiger partial charge is 0.315 e. The largest absolute Gasteiger partial charge is 0.379 e. The van der Waals surface area contributed by atoms with Crippen molar-refractivity contribution < 1.29 is 18.3 Å². The number of urea groups is 1. The minimum absolute atomic E-state index is 0.0151. The monoisotopic (exact) mass is 389 g/mol. The van der Waals surface area contributed by atoms with E-state index in [4.69, 9.17) is 4.74 Å². The fourth-order valence-corrected chi connectivity index (χ4v) is 3.19. The highest BCUT2D eigenvalue weighted by molar-refractivity contribution is 5.73. The first-order chi connectivity index (χ1) is 13.6. The van der Waals surface area contributed by atoms with Crippen molar-refractivity contribution in [1.29, 1.82) is 0 Å². The topological polar surface area (TPSA) is 53.6 Å². The second kappa shape index (κ2) is 10.1. The second-order valence-electron chi connectivity index (χ2n) is 6.72. The number of hydrogen-bond donors (Lipinski definition) is 2. The summed E-state index contributed by atoms with van der Waals surface area (Å²) in [6.07, 6.45) is 0.0968. The quantitative estimate of drug-likeness (QED) is 0.766. The number of carbonyl (C=O) groups is 1. The van der Waals surface area contributed by atoms with Gasteiger partial charge in [-0.2, -0.15) is 0 Å². The van der Waals surface area contributed by atoms with Gasteiger partial charge in [-0.05, 0) is 29.7 Å². The summed E-state index contributed by atoms with van der Waals surface area (Å²) in [4.78, 5) is 14.4. The predicted molar refractivity (Wildman–Crippen MR) is 103 cm³/mol. The Hall–Kier alpha value is -2.51. The van der Waals surface area contributed by atoms with E-state index in [1.54, 1.807) is 0 Å². The third-order valence-corrected chi connectivity index (χ3v) is 4.78. The number of amides is 2. The van der Waals surface area contributed by atoms with Gasteiger partial charge >= 0.3 is 6.03 Å². The molecule has 1 heterocycles. The highest BCUT2D eigenvalue weighted by Crippen LogP contribution is 2.13. The van der Waals surface area contributed by atoms with Gasteiger partial charge in [0, 0.05) is 38.3 Å². The molecule has 7 heteroatoms. The molecule has 1 saturated heterocycles. The van der Waals surface area contributed by atoms with Crippen LogP contribution >= 0.6 is 0 Å². The van der Waals surface area contributed by atoms with E-state index in [9.17, 15) is 13.6 Å². The van der Waals surface area contributed by atoms with Gasteiger partial charge in [0.1, 0.15) is 11.6 Å². The summed E-state index contributed by atoms with van der Waals surface area (Å²) in [5, 5.41) is 5.46. The van der Waals surface area contributed by atoms with Gasteiger partial charge in [0.05, 0.1) is 13.2 Å². The summed E-state index contributed by atoms with van der Waals surface area (Å²) in [6, 6.07) is 11.4. The molecule has 0 aromatic heterocycles. The summed E-state index contributed by atoms with van der Waals surface area (Å²) in [5.41, 5.74) is 2.20. The average Bonchev–Trinajstić information content (AvgIpc) is 2.70. The molecule has 1 fully saturated rings. The van der Waals surface area contributed by atoms with E-state index in [0.717, 1.165) is 44.0 Å². The van der Waals surface area contributed by atoms with Crippen LogP contribution in [0.15, 0.2) is 42.5 Å². The molecule has 1 aliphatic heterocycles. The number of ether oxygens (including phenoxy) is 1. The number of rotatable bonds is 7. The summed E-state index contributed by atoms with van der Waals surface area (Å²) in [6.45, 7) is 4.63. The van der Waals surface area contributed by atoms with Crippen LogP contribution in [0.1, 0.15) is 16.7 Å². The third-order valence-electron chi connectivity index (χ3n) is 4.78. The molecule has 5 nitrogen and oxygen atoms in total. The van der Waals surface area contributed by atoms with Gasteiger partial charge in [-0.25, -0.2) is 13.6 Å². The zero-order valence-electron chi connectivity index (χ0n) is 15.7. The molecule has 0 spiro atoms. The van der Waals surface area contributed by atoms with E-state index in [0.29, 0.717) is 6.54 Å². The number of carbonyl (C=O) groups excluding carboxylic acids is 1. The van der Waals surface area contributed by atoms with Crippen molar-refractivity contribution in [3.05, 3.63) is 70.8 Å². The zero-order chi connectivity index (χ0) is 19.8. The molecule has 0 unspecified atom stereocenters. The molecule has 0 radical (unpaired) electrons. The maximum absolute atomic E-state index is 13.6. The van der Waals surface area contributed by atoms with Crippen LogP contribution in [0.5, 0.6) is 0 Å². The minimum Gasteiger partial charge on any atom is -0.379 e. The van der Waals surface area contributed by atoms with Crippen LogP contribution in [0, 0.1) is 11.6 Å². The van der Waals surface area contributed by atoms with Crippen molar-refractivity contribution in [3.63, 3.8) is 0 Å². The number of benzene rings is 2. The van der Waals surface area contributed by atoms with Gasteiger partial charge in [-0.15, -0.1) is 0 Å². The van der Waals surface area contributed by atoms with Crippen molar-refractivity contribution >= 4 is 6.03 Å². The van der Waals surface area contributed by atoms with Crippen molar-refractivity contribution in [2.75, 3.05) is 32.8 Å². The molecule has 2 amide bonds. The Kier molecular flexibility index (Phi) is 7.33. The Bertz CT molecular complexity index is 775. The maximum Gasteiger partial charge on any atom is 0.315 e. The fraction of sp³-hybridized carbons (Fsp3) is 0.381. The molecule has 0 atom stereocenters. The molecule has 2 N–H and O–H groups in total. The SMILES string of the molecule is O=C(NCCc1c(F)cccc1F)NCc1ccccc1CN1CCOCC1. The Labute approximate surface area is 163 Å². The number of morpholine rings is 1. The Morgan fingerprint density at radius 2 is 1.64 bits per heavy atom. The molecule has 0 bridgehead atoms. The molecular formula is C21H25F2N3O2. The van der Waals surface area contributed by atoms with Gasteiger partial charge in [0.25, 0.3) is 0 Å². The Morgan fingerprint density at radius 1 is 0.964 bits per heavy atom. The number of hydrogen-bond acceptors (Lipinski definition) is 3. The van der Waals surface area contributed by atoms with Gasteiger partial charge in [0.2, 0.25) is 0 Å². The Morgan fingerprint density at radius 3 is 2.36 bits per heavy atom. The van der Waals surface area contributed by atoms with E-state index >= 15 is 0 Å². The molecule has 0 saturated carbocycles. The zero-order valence-corrected chi connectivity index (χ0v) is 15.7. The molecule has 2 aromatic rings. The first kappa shape index (κ1) is 20.2. The number of nitrogens with zero attached hydrogens (tertiary/aromatic N) is 1. The molecule has 3 rings (SSSR count). The van der Waals surface area contributed by atoms with Gasteiger partial charge in [-0.3, -0.25) is 4.90 Å². The lowest BCUT2D eigenvalue weighted by molar-refractivity contribution is 0.0341. The summed E-state index contributed by atoms with van der Waals surface area (Å²) in [7, 11) is 0. The first-order valence-corrected chi connectivity index (χ1v) is 9.45. The molecule has 1 aliphatic rings. The van der Waals surface area contributed by atoms with E-state index in [1.165, 1.54) is 18.2 Å². The van der Waals surface area contributed by atoms with Gasteiger partial charge in [0.15, 0.2) is 0 Å². The lowest BCUT2D eigenvalue weighted by atomic mass is 10.1. The lowest BCUT2D eigenvalue weighted by Crippen LogP contribution is -2.37. The standard InChI is InChI=1S/C21H25F2N3O2/c22-19-6-3-7-20(23)18(19)8-9-24-21(27)25-14-16-4-1-2-5-17(16)15-26-10-12-28-13-11-26/h1-7H,8-15H2,(H2,24,25,27). The molecule has 150 valence electrons. The van der Waals surface area contributed by atoms with Gasteiger partial charge in [-0.1, -0.05) is 30.3 Å². The van der Waals surface area contributed by atoms with Crippen LogP contribution in [0.25, 0.3) is 0 Å². The first-order valence-electron chi connectivity index (χ1n) is 9.45. The van der Waals surface area contributed by atoms with Crippen molar-refractivity contribution in [3.8, 4) is 0 Å². The number of nitrogens with one attached hydrogen (secondary N) is 2. The minimum atomic E-state index is -0.598. The van der Waals surface area contributed by atoms with Crippen LogP contribution < -0.4 is 10.6 Å². The van der Waals surface area contributed by atoms with Crippen LogP contribution in [0.4, 0.5) is 13.6 Å². The molecule has 2 aromatic carbocycles. The van der Waals surface area contributed by atoms with Crippen molar-refractivity contribution in [2.24, 2.45) is 0 Å². The Balaban J connectivity index is 1.46. The second-order valence-corrected chi connectivity index (χ2v) is 6.72. The van der Waals surface area contributed by atoms with Gasteiger partial charge < -0.3 is 15.4 Å². The van der Waals surface area contributed by atoms with E-state index < -0.39 is 11.6 Å². The fourth-order valence-electron chi connectivity index (χ4n) is 3.19. The predicted octanol–water partition coefficient (Wildman–Crippen LogP) is 2.84. The highest BCUT2D eigenvalue weighted by Gasteiger charge is 2.13. The third kappa shape index (κ3) is 5.74. The molecule has 0 aliphatic carbocycles. The van der Waals surface area contributed by atoms with Crippen molar-refractivity contribution in [1.82, 2.24) is 15.5 Å². The molecular weight excluding hydrogens is 364 g/mol. The number of halogens is 2. The maximum atomic E-state index is 13.6. The average molecular weight is 389 g/mol. The lowest BCUT2D eigenvalue weighted by Gasteiger charge is -2.27. The molecule has 28 heavy (non-hydrogen) atoms. The van der Waals surface area contributed by atoms with Crippen LogP contribution in [-0.2, 0) is 24.2 Å². The van der Waals surface area contributed by atoms with E-state index in [2.05, 4.69) is 21.6 Å². The van der Waals surface area contributed by atoms with Crippen LogP contribution in [0.3, 0.4) is 0 Å². The van der Waals surface area contributed by atoms with E-state index in [1.807, 2.05) is 18.2 Å². The summed E-state index contributed by atoms with van der Waals surface area (Å²) >= 11 is 0. The van der Waals surface area contributed by atoms with Crippen LogP contribution in [0.2, 0.25) is 0 Å². The van der Waals surface area contributed by atoms with Crippen molar-refractivity contribution in [2.45, 2.75) is 19.5 Å².